The van der Waals surface area contributed by atoms with E-state index >= 15 is 0 Å². The number of ether oxygens (including phenoxy) is 1. The van der Waals surface area contributed by atoms with E-state index < -0.39 is 5.54 Å². The maximum Gasteiger partial charge on any atom is 0.218 e. The van der Waals surface area contributed by atoms with Crippen LogP contribution in [0.2, 0.25) is 0 Å². The summed E-state index contributed by atoms with van der Waals surface area (Å²) in [5.41, 5.74) is 0.497. The van der Waals surface area contributed by atoms with E-state index in [1.807, 2.05) is 32.0 Å². The van der Waals surface area contributed by atoms with Crippen LogP contribution < -0.4 is 10.1 Å². The molecule has 0 spiro atoms. The fourth-order valence-corrected chi connectivity index (χ4v) is 2.34. The molecule has 1 N–H and O–H groups in total. The van der Waals surface area contributed by atoms with Gasteiger partial charge in [0.2, 0.25) is 5.12 Å². The van der Waals surface area contributed by atoms with E-state index in [0.717, 1.165) is 16.3 Å². The van der Waals surface area contributed by atoms with Crippen LogP contribution in [0.25, 0.3) is 0 Å². The van der Waals surface area contributed by atoms with Gasteiger partial charge < -0.3 is 10.1 Å². The maximum atomic E-state index is 11.7. The third-order valence-electron chi connectivity index (χ3n) is 2.35. The molecule has 15 heavy (non-hydrogen) atoms. The van der Waals surface area contributed by atoms with E-state index in [9.17, 15) is 4.79 Å². The summed E-state index contributed by atoms with van der Waals surface area (Å²) in [6.45, 7) is 3.77. The van der Waals surface area contributed by atoms with Gasteiger partial charge in [-0.1, -0.05) is 0 Å². The van der Waals surface area contributed by atoms with Crippen molar-refractivity contribution in [3.63, 3.8) is 0 Å². The van der Waals surface area contributed by atoms with Crippen LogP contribution in [0.5, 0.6) is 5.75 Å². The van der Waals surface area contributed by atoms with Crippen molar-refractivity contribution in [1.82, 2.24) is 0 Å². The predicted octanol–water partition coefficient (Wildman–Crippen LogP) is 2.52. The van der Waals surface area contributed by atoms with Crippen molar-refractivity contribution < 1.29 is 9.53 Å². The van der Waals surface area contributed by atoms with Crippen LogP contribution in [0.1, 0.15) is 13.8 Å². The summed E-state index contributed by atoms with van der Waals surface area (Å²) in [4.78, 5) is 12.7. The molecule has 0 bridgehead atoms. The number of hydrogen-bond donors (Lipinski definition) is 1. The number of methoxy groups -OCH3 is 1. The summed E-state index contributed by atoms with van der Waals surface area (Å²) < 4.78 is 5.12. The number of anilines is 1. The van der Waals surface area contributed by atoms with E-state index in [1.165, 1.54) is 11.8 Å². The number of rotatable bonds is 1. The monoisotopic (exact) mass is 223 g/mol. The van der Waals surface area contributed by atoms with E-state index in [-0.39, 0.29) is 5.12 Å². The average molecular weight is 223 g/mol. The number of benzene rings is 1. The molecule has 1 aromatic rings. The lowest BCUT2D eigenvalue weighted by atomic mass is 10.1. The second-order valence-electron chi connectivity index (χ2n) is 4.00. The fraction of sp³-hybridized carbons (Fsp3) is 0.364. The van der Waals surface area contributed by atoms with E-state index in [1.54, 1.807) is 7.11 Å². The number of nitrogens with one attached hydrogen (secondary N) is 1. The van der Waals surface area contributed by atoms with Crippen molar-refractivity contribution in [1.29, 1.82) is 0 Å². The predicted molar refractivity (Wildman–Crippen MR) is 61.6 cm³/mol. The summed E-state index contributed by atoms with van der Waals surface area (Å²) >= 11 is 1.27. The molecule has 1 heterocycles. The topological polar surface area (TPSA) is 38.3 Å². The maximum absolute atomic E-state index is 11.7. The van der Waals surface area contributed by atoms with Crippen molar-refractivity contribution in [2.75, 3.05) is 12.4 Å². The zero-order chi connectivity index (χ0) is 11.1. The normalized spacial score (nSPS) is 17.9. The van der Waals surface area contributed by atoms with Crippen molar-refractivity contribution >= 4 is 22.6 Å². The number of carbonyl (C=O) groups excluding carboxylic acids is 1. The zero-order valence-electron chi connectivity index (χ0n) is 8.96. The number of fused-ring (bicyclic) bond motifs is 1. The van der Waals surface area contributed by atoms with Crippen molar-refractivity contribution in [2.45, 2.75) is 24.3 Å². The third kappa shape index (κ3) is 1.81. The average Bonchev–Trinajstić information content (AvgIpc) is 2.19. The number of thioether (sulfide) groups is 1. The molecule has 0 atom stereocenters. The summed E-state index contributed by atoms with van der Waals surface area (Å²) in [5, 5.41) is 3.34. The molecule has 1 aromatic carbocycles. The number of hydrogen-bond acceptors (Lipinski definition) is 4. The lowest BCUT2D eigenvalue weighted by Gasteiger charge is -2.31. The zero-order valence-corrected chi connectivity index (χ0v) is 9.77. The van der Waals surface area contributed by atoms with Crippen LogP contribution >= 0.6 is 11.8 Å². The molecule has 2 rings (SSSR count). The molecule has 0 radical (unpaired) electrons. The second-order valence-corrected chi connectivity index (χ2v) is 5.02. The standard InChI is InChI=1S/C11H13NO2S/c1-11(2)10(13)15-9-6-7(14-3)4-5-8(9)12-11/h4-6,12H,1-3H3. The van der Waals surface area contributed by atoms with Gasteiger partial charge in [0.25, 0.3) is 0 Å². The summed E-state index contributed by atoms with van der Waals surface area (Å²) in [5.74, 6) is 0.774. The molecule has 0 fully saturated rings. The Balaban J connectivity index is 2.41. The molecule has 0 aliphatic carbocycles. The van der Waals surface area contributed by atoms with Gasteiger partial charge in [-0.25, -0.2) is 0 Å². The Morgan fingerprint density at radius 1 is 1.40 bits per heavy atom. The Bertz CT molecular complexity index is 415. The highest BCUT2D eigenvalue weighted by Crippen LogP contribution is 2.39. The summed E-state index contributed by atoms with van der Waals surface area (Å²) in [7, 11) is 1.62. The molecule has 0 unspecified atom stereocenters. The van der Waals surface area contributed by atoms with E-state index in [2.05, 4.69) is 5.32 Å². The van der Waals surface area contributed by atoms with Crippen LogP contribution in [0, 0.1) is 0 Å². The Morgan fingerprint density at radius 3 is 2.80 bits per heavy atom. The van der Waals surface area contributed by atoms with Gasteiger partial charge in [-0.05, 0) is 43.8 Å². The van der Waals surface area contributed by atoms with E-state index in [0.29, 0.717) is 0 Å². The first kappa shape index (κ1) is 10.4. The van der Waals surface area contributed by atoms with Gasteiger partial charge >= 0.3 is 0 Å². The molecule has 0 aromatic heterocycles. The lowest BCUT2D eigenvalue weighted by Crippen LogP contribution is -2.40. The van der Waals surface area contributed by atoms with Crippen LogP contribution in [-0.4, -0.2) is 17.8 Å². The summed E-state index contributed by atoms with van der Waals surface area (Å²) in [6, 6.07) is 5.70. The smallest absolute Gasteiger partial charge is 0.218 e. The number of carbonyl (C=O) groups is 1. The van der Waals surface area contributed by atoms with Crippen LogP contribution in [0.15, 0.2) is 23.1 Å². The molecule has 1 aliphatic rings. The first-order valence-corrected chi connectivity index (χ1v) is 5.53. The Labute approximate surface area is 93.2 Å². The van der Waals surface area contributed by atoms with Crippen molar-refractivity contribution in [3.05, 3.63) is 18.2 Å². The SMILES string of the molecule is COc1ccc2c(c1)SC(=O)C(C)(C)N2. The molecular weight excluding hydrogens is 210 g/mol. The molecule has 0 saturated heterocycles. The lowest BCUT2D eigenvalue weighted by molar-refractivity contribution is -0.114. The van der Waals surface area contributed by atoms with Crippen LogP contribution in [0.4, 0.5) is 5.69 Å². The second kappa shape index (κ2) is 3.45. The first-order valence-electron chi connectivity index (χ1n) is 4.71. The van der Waals surface area contributed by atoms with Gasteiger partial charge in [-0.15, -0.1) is 0 Å². The minimum atomic E-state index is -0.494. The largest absolute Gasteiger partial charge is 0.497 e. The minimum Gasteiger partial charge on any atom is -0.497 e. The Morgan fingerprint density at radius 2 is 2.13 bits per heavy atom. The van der Waals surface area contributed by atoms with Gasteiger partial charge in [-0.3, -0.25) is 4.79 Å². The van der Waals surface area contributed by atoms with Crippen LogP contribution in [-0.2, 0) is 4.79 Å². The van der Waals surface area contributed by atoms with Gasteiger partial charge in [0.15, 0.2) is 0 Å². The van der Waals surface area contributed by atoms with Crippen molar-refractivity contribution in [2.24, 2.45) is 0 Å². The Kier molecular flexibility index (Phi) is 2.38. The quantitative estimate of drug-likeness (QED) is 0.794. The van der Waals surface area contributed by atoms with Crippen LogP contribution in [0.3, 0.4) is 0 Å². The summed E-state index contributed by atoms with van der Waals surface area (Å²) in [6.07, 6.45) is 0. The first-order chi connectivity index (χ1) is 7.03. The molecule has 3 nitrogen and oxygen atoms in total. The molecule has 0 saturated carbocycles. The highest BCUT2D eigenvalue weighted by Gasteiger charge is 2.33. The molecule has 1 aliphatic heterocycles. The minimum absolute atomic E-state index is 0.128. The molecular formula is C11H13NO2S. The highest BCUT2D eigenvalue weighted by atomic mass is 32.2. The van der Waals surface area contributed by atoms with Gasteiger partial charge in [-0.2, -0.15) is 0 Å². The molecule has 4 heteroatoms. The van der Waals surface area contributed by atoms with E-state index in [4.69, 9.17) is 4.74 Å². The van der Waals surface area contributed by atoms with Gasteiger partial charge in [0.1, 0.15) is 11.3 Å². The van der Waals surface area contributed by atoms with Gasteiger partial charge in [0, 0.05) is 10.6 Å². The van der Waals surface area contributed by atoms with Crippen molar-refractivity contribution in [3.8, 4) is 5.75 Å². The molecule has 80 valence electrons. The van der Waals surface area contributed by atoms with Gasteiger partial charge in [0.05, 0.1) is 7.11 Å². The highest BCUT2D eigenvalue weighted by molar-refractivity contribution is 8.14. The fourth-order valence-electron chi connectivity index (χ4n) is 1.43. The Hall–Kier alpha value is -1.16. The third-order valence-corrected chi connectivity index (χ3v) is 3.60. The molecule has 0 amide bonds.